The molecule has 0 spiro atoms. The van der Waals surface area contributed by atoms with Crippen molar-refractivity contribution >= 4 is 17.8 Å². The largest absolute Gasteiger partial charge is 0.478 e. The Morgan fingerprint density at radius 3 is 2.40 bits per heavy atom. The molecule has 2 aromatic rings. The summed E-state index contributed by atoms with van der Waals surface area (Å²) >= 11 is 0. The van der Waals surface area contributed by atoms with Crippen LogP contribution in [0.25, 0.3) is 11.1 Å². The zero-order valence-corrected chi connectivity index (χ0v) is 10.0. The molecule has 0 bridgehead atoms. The average Bonchev–Trinajstić information content (AvgIpc) is 2.39. The Hall–Kier alpha value is -2.96. The lowest BCUT2D eigenvalue weighted by Crippen LogP contribution is -2.05. The molecule has 0 unspecified atom stereocenters. The van der Waals surface area contributed by atoms with E-state index in [4.69, 9.17) is 15.9 Å². The number of carboxylic acid groups (broad SMARTS) is 2. The summed E-state index contributed by atoms with van der Waals surface area (Å²) in [4.78, 5) is 25.8. The molecule has 0 aliphatic heterocycles. The first-order valence-electron chi connectivity index (χ1n) is 5.42. The zero-order valence-electron chi connectivity index (χ0n) is 10.0. The number of hydrogen-bond acceptors (Lipinski definition) is 4. The highest BCUT2D eigenvalue weighted by Gasteiger charge is 2.17. The molecular weight excluding hydrogens is 267 g/mol. The number of nitrogens with zero attached hydrogens (tertiary/aromatic N) is 1. The lowest BCUT2D eigenvalue weighted by molar-refractivity contribution is 0.0687. The first-order valence-corrected chi connectivity index (χ1v) is 5.42. The lowest BCUT2D eigenvalue weighted by atomic mass is 9.99. The van der Waals surface area contributed by atoms with Crippen LogP contribution < -0.4 is 5.73 Å². The minimum absolute atomic E-state index is 0.0269. The first-order chi connectivity index (χ1) is 9.40. The second-order valence-electron chi connectivity index (χ2n) is 3.96. The van der Waals surface area contributed by atoms with E-state index in [0.29, 0.717) is 0 Å². The molecule has 0 radical (unpaired) electrons. The van der Waals surface area contributed by atoms with Crippen LogP contribution >= 0.6 is 0 Å². The molecule has 0 atom stereocenters. The third-order valence-electron chi connectivity index (χ3n) is 2.66. The third-order valence-corrected chi connectivity index (χ3v) is 2.66. The normalized spacial score (nSPS) is 10.2. The van der Waals surface area contributed by atoms with Crippen molar-refractivity contribution < 1.29 is 24.2 Å². The van der Waals surface area contributed by atoms with Crippen LogP contribution in [0.4, 0.5) is 10.2 Å². The van der Waals surface area contributed by atoms with Gasteiger partial charge in [0.05, 0.1) is 11.1 Å². The van der Waals surface area contributed by atoms with E-state index < -0.39 is 17.8 Å². The van der Waals surface area contributed by atoms with Gasteiger partial charge in [-0.05, 0) is 24.3 Å². The van der Waals surface area contributed by atoms with Crippen LogP contribution in [0.3, 0.4) is 0 Å². The summed E-state index contributed by atoms with van der Waals surface area (Å²) in [6.07, 6.45) is 1.10. The number of aromatic nitrogens is 1. The molecule has 7 heteroatoms. The summed E-state index contributed by atoms with van der Waals surface area (Å²) in [5, 5.41) is 18.0. The van der Waals surface area contributed by atoms with Crippen LogP contribution in [0.5, 0.6) is 0 Å². The van der Waals surface area contributed by atoms with Crippen molar-refractivity contribution in [3.05, 3.63) is 47.4 Å². The molecule has 0 fully saturated rings. The molecule has 6 nitrogen and oxygen atoms in total. The monoisotopic (exact) mass is 276 g/mol. The molecule has 1 aromatic heterocycles. The van der Waals surface area contributed by atoms with E-state index in [-0.39, 0.29) is 28.1 Å². The van der Waals surface area contributed by atoms with E-state index in [1.54, 1.807) is 0 Å². The summed E-state index contributed by atoms with van der Waals surface area (Å²) in [7, 11) is 0. The SMILES string of the molecule is Nc1cc(C(=O)O)c(-c2cc(C(=O)O)ccc2F)cn1. The Bertz CT molecular complexity index is 716. The van der Waals surface area contributed by atoms with Crippen LogP contribution in [0.15, 0.2) is 30.5 Å². The maximum Gasteiger partial charge on any atom is 0.336 e. The number of hydrogen-bond donors (Lipinski definition) is 3. The number of rotatable bonds is 3. The van der Waals surface area contributed by atoms with Gasteiger partial charge in [0.15, 0.2) is 0 Å². The number of nitrogen functional groups attached to an aromatic ring is 1. The van der Waals surface area contributed by atoms with Gasteiger partial charge in [-0.25, -0.2) is 19.0 Å². The minimum Gasteiger partial charge on any atom is -0.478 e. The third kappa shape index (κ3) is 2.41. The molecule has 0 aliphatic rings. The van der Waals surface area contributed by atoms with Crippen LogP contribution in [0.2, 0.25) is 0 Å². The Balaban J connectivity index is 2.71. The van der Waals surface area contributed by atoms with Crippen molar-refractivity contribution in [2.45, 2.75) is 0 Å². The van der Waals surface area contributed by atoms with Gasteiger partial charge in [0.1, 0.15) is 11.6 Å². The number of nitrogens with two attached hydrogens (primary N) is 1. The predicted molar refractivity (Wildman–Crippen MR) is 68.0 cm³/mol. The van der Waals surface area contributed by atoms with Crippen LogP contribution in [0, 0.1) is 5.82 Å². The maximum atomic E-state index is 13.8. The van der Waals surface area contributed by atoms with Crippen LogP contribution in [-0.2, 0) is 0 Å². The van der Waals surface area contributed by atoms with Gasteiger partial charge < -0.3 is 15.9 Å². The Morgan fingerprint density at radius 2 is 1.80 bits per heavy atom. The molecule has 0 amide bonds. The Morgan fingerprint density at radius 1 is 1.10 bits per heavy atom. The standard InChI is InChI=1S/C13H9FN2O4/c14-10-2-1-6(12(17)18)3-7(10)9-5-16-11(15)4-8(9)13(19)20/h1-5H,(H2,15,16)(H,17,18)(H,19,20). The van der Waals surface area contributed by atoms with E-state index in [0.717, 1.165) is 30.5 Å². The number of halogens is 1. The molecule has 1 aromatic carbocycles. The topological polar surface area (TPSA) is 114 Å². The summed E-state index contributed by atoms with van der Waals surface area (Å²) in [6, 6.07) is 4.19. The number of pyridine rings is 1. The fourth-order valence-corrected chi connectivity index (χ4v) is 1.73. The smallest absolute Gasteiger partial charge is 0.336 e. The number of anilines is 1. The molecular formula is C13H9FN2O4. The van der Waals surface area contributed by atoms with Gasteiger partial charge in [-0.3, -0.25) is 0 Å². The van der Waals surface area contributed by atoms with Gasteiger partial charge in [-0.1, -0.05) is 0 Å². The number of aromatic carboxylic acids is 2. The maximum absolute atomic E-state index is 13.8. The lowest BCUT2D eigenvalue weighted by Gasteiger charge is -2.08. The van der Waals surface area contributed by atoms with Gasteiger partial charge in [0, 0.05) is 17.3 Å². The van der Waals surface area contributed by atoms with Gasteiger partial charge in [-0.15, -0.1) is 0 Å². The highest BCUT2D eigenvalue weighted by atomic mass is 19.1. The summed E-state index contributed by atoms with van der Waals surface area (Å²) < 4.78 is 13.8. The predicted octanol–water partition coefficient (Wildman–Crippen LogP) is 1.87. The molecule has 4 N–H and O–H groups in total. The Labute approximate surface area is 112 Å². The van der Waals surface area contributed by atoms with Gasteiger partial charge in [0.25, 0.3) is 0 Å². The molecule has 0 saturated carbocycles. The summed E-state index contributed by atoms with van der Waals surface area (Å²) in [6.45, 7) is 0. The molecule has 1 heterocycles. The average molecular weight is 276 g/mol. The second kappa shape index (κ2) is 4.96. The van der Waals surface area contributed by atoms with Crippen molar-refractivity contribution in [1.82, 2.24) is 4.98 Å². The number of carboxylic acids is 2. The highest BCUT2D eigenvalue weighted by Crippen LogP contribution is 2.28. The van der Waals surface area contributed by atoms with E-state index in [1.165, 1.54) is 0 Å². The number of carbonyl (C=O) groups is 2. The van der Waals surface area contributed by atoms with Crippen molar-refractivity contribution in [2.75, 3.05) is 5.73 Å². The Kier molecular flexibility index (Phi) is 3.34. The second-order valence-corrected chi connectivity index (χ2v) is 3.96. The van der Waals surface area contributed by atoms with Crippen LogP contribution in [-0.4, -0.2) is 27.1 Å². The minimum atomic E-state index is -1.31. The zero-order chi connectivity index (χ0) is 14.9. The van der Waals surface area contributed by atoms with E-state index >= 15 is 0 Å². The van der Waals surface area contributed by atoms with E-state index in [1.807, 2.05) is 0 Å². The van der Waals surface area contributed by atoms with E-state index in [9.17, 15) is 14.0 Å². The van der Waals surface area contributed by atoms with Crippen molar-refractivity contribution in [2.24, 2.45) is 0 Å². The number of benzene rings is 1. The van der Waals surface area contributed by atoms with E-state index in [2.05, 4.69) is 4.98 Å². The molecule has 0 saturated heterocycles. The van der Waals surface area contributed by atoms with Crippen molar-refractivity contribution in [3.8, 4) is 11.1 Å². The first kappa shape index (κ1) is 13.5. The molecule has 0 aliphatic carbocycles. The molecule has 102 valence electrons. The van der Waals surface area contributed by atoms with Crippen molar-refractivity contribution in [3.63, 3.8) is 0 Å². The van der Waals surface area contributed by atoms with Gasteiger partial charge in [0.2, 0.25) is 0 Å². The fourth-order valence-electron chi connectivity index (χ4n) is 1.73. The summed E-state index contributed by atoms with van der Waals surface area (Å²) in [5.41, 5.74) is 4.80. The summed E-state index contributed by atoms with van der Waals surface area (Å²) in [5.74, 6) is -3.33. The fraction of sp³-hybridized carbons (Fsp3) is 0. The quantitative estimate of drug-likeness (QED) is 0.788. The highest BCUT2D eigenvalue weighted by molar-refractivity contribution is 5.97. The van der Waals surface area contributed by atoms with Crippen LogP contribution in [0.1, 0.15) is 20.7 Å². The van der Waals surface area contributed by atoms with Crippen molar-refractivity contribution in [1.29, 1.82) is 0 Å². The van der Waals surface area contributed by atoms with Gasteiger partial charge in [-0.2, -0.15) is 0 Å². The molecule has 2 rings (SSSR count). The molecule has 20 heavy (non-hydrogen) atoms. The van der Waals surface area contributed by atoms with Gasteiger partial charge >= 0.3 is 11.9 Å².